The lowest BCUT2D eigenvalue weighted by atomic mass is 9.97. The van der Waals surface area contributed by atoms with Crippen LogP contribution in [0.25, 0.3) is 0 Å². The third-order valence-electron chi connectivity index (χ3n) is 4.62. The van der Waals surface area contributed by atoms with E-state index in [4.69, 9.17) is 0 Å². The maximum atomic E-state index is 12.6. The average molecular weight is 281 g/mol. The Labute approximate surface area is 123 Å². The second-order valence-corrected chi connectivity index (χ2v) is 7.03. The second-order valence-electron chi connectivity index (χ2n) is 7.03. The number of carbonyl (C=O) groups is 1. The summed E-state index contributed by atoms with van der Waals surface area (Å²) in [7, 11) is 2.19. The summed E-state index contributed by atoms with van der Waals surface area (Å²) < 4.78 is 0. The van der Waals surface area contributed by atoms with Gasteiger partial charge in [-0.15, -0.1) is 0 Å². The highest BCUT2D eigenvalue weighted by molar-refractivity contribution is 5.84. The maximum absolute atomic E-state index is 12.6. The van der Waals surface area contributed by atoms with Crippen LogP contribution in [0.2, 0.25) is 0 Å². The number of nitrogens with zero attached hydrogens (tertiary/aromatic N) is 2. The van der Waals surface area contributed by atoms with E-state index in [9.17, 15) is 4.79 Å². The highest BCUT2D eigenvalue weighted by Crippen LogP contribution is 2.23. The van der Waals surface area contributed by atoms with Crippen LogP contribution in [0.15, 0.2) is 0 Å². The minimum absolute atomic E-state index is 0.0428. The fourth-order valence-corrected chi connectivity index (χ4v) is 3.64. The summed E-state index contributed by atoms with van der Waals surface area (Å²) in [6.07, 6.45) is 4.74. The van der Waals surface area contributed by atoms with Gasteiger partial charge in [0.15, 0.2) is 0 Å². The molecule has 0 radical (unpaired) electrons. The molecule has 0 aromatic heterocycles. The van der Waals surface area contributed by atoms with Crippen molar-refractivity contribution < 1.29 is 4.79 Å². The summed E-state index contributed by atoms with van der Waals surface area (Å²) in [5.41, 5.74) is 0. The van der Waals surface area contributed by atoms with Gasteiger partial charge in [0.1, 0.15) is 0 Å². The number of hydrogen-bond donors (Lipinski definition) is 1. The van der Waals surface area contributed by atoms with Crippen LogP contribution in [-0.2, 0) is 4.79 Å². The van der Waals surface area contributed by atoms with Crippen molar-refractivity contribution in [3.05, 3.63) is 0 Å². The minimum Gasteiger partial charge on any atom is -0.325 e. The molecule has 20 heavy (non-hydrogen) atoms. The molecule has 3 atom stereocenters. The van der Waals surface area contributed by atoms with Crippen molar-refractivity contribution in [3.8, 4) is 0 Å². The summed E-state index contributed by atoms with van der Waals surface area (Å²) in [5.74, 6) is 1.54. The Hall–Kier alpha value is -0.610. The van der Waals surface area contributed by atoms with Gasteiger partial charge in [-0.05, 0) is 51.1 Å². The number of amides is 1. The molecule has 2 aliphatic rings. The van der Waals surface area contributed by atoms with E-state index in [2.05, 4.69) is 42.9 Å². The third kappa shape index (κ3) is 3.73. The van der Waals surface area contributed by atoms with Crippen LogP contribution in [0, 0.1) is 11.8 Å². The number of likely N-dealkylation sites (tertiary alicyclic amines) is 1. The average Bonchev–Trinajstić information content (AvgIpc) is 2.67. The van der Waals surface area contributed by atoms with Gasteiger partial charge in [0.25, 0.3) is 0 Å². The molecule has 2 aliphatic heterocycles. The van der Waals surface area contributed by atoms with Crippen LogP contribution in [0.3, 0.4) is 0 Å². The van der Waals surface area contributed by atoms with Crippen molar-refractivity contribution in [2.24, 2.45) is 11.8 Å². The molecule has 0 spiro atoms. The smallest absolute Gasteiger partial charge is 0.241 e. The predicted octanol–water partition coefficient (Wildman–Crippen LogP) is 1.91. The predicted molar refractivity (Wildman–Crippen MR) is 82.4 cm³/mol. The molecule has 4 heteroatoms. The summed E-state index contributed by atoms with van der Waals surface area (Å²) in [5, 5.41) is 3.54. The second kappa shape index (κ2) is 6.90. The molecule has 3 unspecified atom stereocenters. The van der Waals surface area contributed by atoms with Gasteiger partial charge in [-0.25, -0.2) is 0 Å². The van der Waals surface area contributed by atoms with E-state index >= 15 is 0 Å². The molecule has 1 N–H and O–H groups in total. The normalized spacial score (nSPS) is 32.4. The van der Waals surface area contributed by atoms with E-state index in [-0.39, 0.29) is 12.2 Å². The van der Waals surface area contributed by atoms with E-state index in [1.54, 1.807) is 0 Å². The third-order valence-corrected chi connectivity index (χ3v) is 4.62. The van der Waals surface area contributed by atoms with Gasteiger partial charge >= 0.3 is 0 Å². The molecule has 1 amide bonds. The van der Waals surface area contributed by atoms with E-state index in [0.717, 1.165) is 25.9 Å². The van der Waals surface area contributed by atoms with Crippen LogP contribution in [-0.4, -0.2) is 54.6 Å². The van der Waals surface area contributed by atoms with Gasteiger partial charge in [0.2, 0.25) is 5.91 Å². The van der Waals surface area contributed by atoms with Crippen molar-refractivity contribution >= 4 is 5.91 Å². The highest BCUT2D eigenvalue weighted by Gasteiger charge is 2.39. The molecule has 2 heterocycles. The molecule has 2 fully saturated rings. The molecule has 0 aliphatic carbocycles. The van der Waals surface area contributed by atoms with E-state index in [1.807, 2.05) is 0 Å². The van der Waals surface area contributed by atoms with Crippen molar-refractivity contribution in [1.82, 2.24) is 15.1 Å². The first-order valence-corrected chi connectivity index (χ1v) is 8.26. The van der Waals surface area contributed by atoms with Gasteiger partial charge < -0.3 is 9.80 Å². The number of piperidine rings is 1. The first kappa shape index (κ1) is 15.8. The van der Waals surface area contributed by atoms with Crippen molar-refractivity contribution in [3.63, 3.8) is 0 Å². The number of hydrogen-bond acceptors (Lipinski definition) is 3. The molecule has 0 aromatic rings. The molecule has 116 valence electrons. The number of carbonyl (C=O) groups excluding carboxylic acids is 1. The molecule has 2 rings (SSSR count). The lowest BCUT2D eigenvalue weighted by molar-refractivity contribution is -0.131. The van der Waals surface area contributed by atoms with Crippen LogP contribution in [0.5, 0.6) is 0 Å². The minimum atomic E-state index is 0.0428. The molecule has 4 nitrogen and oxygen atoms in total. The first-order valence-electron chi connectivity index (χ1n) is 8.26. The van der Waals surface area contributed by atoms with E-state index in [1.165, 1.54) is 19.4 Å². The summed E-state index contributed by atoms with van der Waals surface area (Å²) in [4.78, 5) is 17.1. The molecule has 2 saturated heterocycles. The SMILES string of the molecule is CCC1NC(CC(C)C)C(=O)N1CC1CCCN(C)C1. The highest BCUT2D eigenvalue weighted by atomic mass is 16.2. The maximum Gasteiger partial charge on any atom is 0.241 e. The van der Waals surface area contributed by atoms with Gasteiger partial charge in [0.05, 0.1) is 12.2 Å². The Bertz CT molecular complexity index is 332. The Morgan fingerprint density at radius 3 is 2.75 bits per heavy atom. The fraction of sp³-hybridized carbons (Fsp3) is 0.938. The Kier molecular flexibility index (Phi) is 5.44. The van der Waals surface area contributed by atoms with Crippen LogP contribution >= 0.6 is 0 Å². The molecular weight excluding hydrogens is 250 g/mol. The van der Waals surface area contributed by atoms with E-state index < -0.39 is 0 Å². The van der Waals surface area contributed by atoms with Crippen molar-refractivity contribution in [1.29, 1.82) is 0 Å². The van der Waals surface area contributed by atoms with Crippen LogP contribution in [0.4, 0.5) is 0 Å². The number of nitrogens with one attached hydrogen (secondary N) is 1. The zero-order valence-electron chi connectivity index (χ0n) is 13.6. The number of rotatable bonds is 5. The zero-order chi connectivity index (χ0) is 14.7. The van der Waals surface area contributed by atoms with Crippen molar-refractivity contribution in [2.45, 2.75) is 58.7 Å². The van der Waals surface area contributed by atoms with Gasteiger partial charge in [0, 0.05) is 13.1 Å². The van der Waals surface area contributed by atoms with Crippen LogP contribution in [0.1, 0.15) is 46.5 Å². The first-order chi connectivity index (χ1) is 9.51. The quantitative estimate of drug-likeness (QED) is 0.836. The molecule has 0 aromatic carbocycles. The van der Waals surface area contributed by atoms with Gasteiger partial charge in [-0.1, -0.05) is 20.8 Å². The summed E-state index contributed by atoms with van der Waals surface area (Å²) in [6, 6.07) is 0.0428. The van der Waals surface area contributed by atoms with E-state index in [0.29, 0.717) is 17.7 Å². The monoisotopic (exact) mass is 281 g/mol. The van der Waals surface area contributed by atoms with Crippen LogP contribution < -0.4 is 5.32 Å². The largest absolute Gasteiger partial charge is 0.325 e. The summed E-state index contributed by atoms with van der Waals surface area (Å²) in [6.45, 7) is 9.82. The Balaban J connectivity index is 1.96. The fourth-order valence-electron chi connectivity index (χ4n) is 3.64. The van der Waals surface area contributed by atoms with Gasteiger partial charge in [-0.3, -0.25) is 10.1 Å². The standard InChI is InChI=1S/C16H31N3O/c1-5-15-17-14(9-12(2)3)16(20)19(15)11-13-7-6-8-18(4)10-13/h12-15,17H,5-11H2,1-4H3. The molecule has 0 bridgehead atoms. The molecular formula is C16H31N3O. The lowest BCUT2D eigenvalue weighted by Gasteiger charge is -2.34. The zero-order valence-corrected chi connectivity index (χ0v) is 13.6. The molecule has 0 saturated carbocycles. The topological polar surface area (TPSA) is 35.6 Å². The van der Waals surface area contributed by atoms with Crippen molar-refractivity contribution in [2.75, 3.05) is 26.7 Å². The summed E-state index contributed by atoms with van der Waals surface area (Å²) >= 11 is 0. The lowest BCUT2D eigenvalue weighted by Crippen LogP contribution is -2.44. The Morgan fingerprint density at radius 2 is 2.15 bits per heavy atom. The Morgan fingerprint density at radius 1 is 1.40 bits per heavy atom. The van der Waals surface area contributed by atoms with Gasteiger partial charge in [-0.2, -0.15) is 0 Å².